The molecular weight excluding hydrogens is 354 g/mol. The first-order valence-electron chi connectivity index (χ1n) is 8.10. The van der Waals surface area contributed by atoms with E-state index < -0.39 is 0 Å². The van der Waals surface area contributed by atoms with Crippen LogP contribution < -0.4 is 9.64 Å². The maximum Gasteiger partial charge on any atom is 0.272 e. The summed E-state index contributed by atoms with van der Waals surface area (Å²) in [7, 11) is 0. The molecule has 3 rings (SSSR count). The SMILES string of the molecule is CCOc1ccccc1N1C(=O)C(SC(C)C)=C(c2cccs2)C1=O. The zero-order valence-corrected chi connectivity index (χ0v) is 15.9. The molecule has 0 atom stereocenters. The van der Waals surface area contributed by atoms with Crippen molar-refractivity contribution in [3.8, 4) is 5.75 Å². The molecule has 1 aliphatic heterocycles. The van der Waals surface area contributed by atoms with Crippen LogP contribution in [0.1, 0.15) is 25.6 Å². The summed E-state index contributed by atoms with van der Waals surface area (Å²) in [5.74, 6) is -0.0324. The maximum atomic E-state index is 13.1. The van der Waals surface area contributed by atoms with Crippen molar-refractivity contribution in [3.05, 3.63) is 51.6 Å². The first-order chi connectivity index (χ1) is 12.0. The lowest BCUT2D eigenvalue weighted by molar-refractivity contribution is -0.119. The van der Waals surface area contributed by atoms with E-state index in [0.29, 0.717) is 28.5 Å². The minimum absolute atomic E-state index is 0.198. The number of carbonyl (C=O) groups is 2. The zero-order chi connectivity index (χ0) is 18.0. The molecule has 0 saturated heterocycles. The van der Waals surface area contributed by atoms with E-state index in [9.17, 15) is 9.59 Å². The van der Waals surface area contributed by atoms with E-state index >= 15 is 0 Å². The van der Waals surface area contributed by atoms with Crippen molar-refractivity contribution >= 4 is 46.2 Å². The third kappa shape index (κ3) is 3.37. The van der Waals surface area contributed by atoms with Crippen molar-refractivity contribution in [1.29, 1.82) is 0 Å². The van der Waals surface area contributed by atoms with Crippen molar-refractivity contribution < 1.29 is 14.3 Å². The molecule has 0 N–H and O–H groups in total. The summed E-state index contributed by atoms with van der Waals surface area (Å²) in [6.07, 6.45) is 0. The zero-order valence-electron chi connectivity index (χ0n) is 14.3. The van der Waals surface area contributed by atoms with Crippen LogP contribution in [-0.2, 0) is 9.59 Å². The van der Waals surface area contributed by atoms with Gasteiger partial charge in [0, 0.05) is 10.1 Å². The number of imide groups is 1. The molecule has 1 aromatic heterocycles. The van der Waals surface area contributed by atoms with E-state index in [1.165, 1.54) is 28.0 Å². The van der Waals surface area contributed by atoms with Crippen molar-refractivity contribution in [2.45, 2.75) is 26.0 Å². The lowest BCUT2D eigenvalue weighted by Crippen LogP contribution is -2.31. The Bertz CT molecular complexity index is 825. The molecule has 2 heterocycles. The number of para-hydroxylation sites is 2. The molecule has 0 radical (unpaired) electrons. The Morgan fingerprint density at radius 1 is 1.12 bits per heavy atom. The lowest BCUT2D eigenvalue weighted by atomic mass is 10.2. The van der Waals surface area contributed by atoms with Crippen LogP contribution in [0.2, 0.25) is 0 Å². The molecule has 6 heteroatoms. The molecule has 0 aliphatic carbocycles. The third-order valence-corrected chi connectivity index (χ3v) is 5.54. The van der Waals surface area contributed by atoms with Crippen LogP contribution >= 0.6 is 23.1 Å². The molecule has 0 fully saturated rings. The van der Waals surface area contributed by atoms with Crippen molar-refractivity contribution in [2.75, 3.05) is 11.5 Å². The number of ether oxygens (including phenoxy) is 1. The summed E-state index contributed by atoms with van der Waals surface area (Å²) in [4.78, 5) is 28.8. The van der Waals surface area contributed by atoms with Gasteiger partial charge in [0.2, 0.25) is 0 Å². The summed E-state index contributed by atoms with van der Waals surface area (Å²) >= 11 is 2.90. The largest absolute Gasteiger partial charge is 0.492 e. The summed E-state index contributed by atoms with van der Waals surface area (Å²) in [6, 6.07) is 10.9. The first-order valence-corrected chi connectivity index (χ1v) is 9.86. The minimum atomic E-state index is -0.289. The molecule has 2 amide bonds. The van der Waals surface area contributed by atoms with E-state index in [2.05, 4.69) is 0 Å². The number of thiophene rings is 1. The molecule has 4 nitrogen and oxygen atoms in total. The van der Waals surface area contributed by atoms with Crippen LogP contribution in [0.3, 0.4) is 0 Å². The number of amides is 2. The normalized spacial score (nSPS) is 14.8. The lowest BCUT2D eigenvalue weighted by Gasteiger charge is -2.18. The number of anilines is 1. The highest BCUT2D eigenvalue weighted by Gasteiger charge is 2.41. The van der Waals surface area contributed by atoms with Gasteiger partial charge in [-0.05, 0) is 30.5 Å². The van der Waals surface area contributed by atoms with Gasteiger partial charge in [-0.15, -0.1) is 23.1 Å². The summed E-state index contributed by atoms with van der Waals surface area (Å²) in [6.45, 7) is 6.36. The maximum absolute atomic E-state index is 13.1. The van der Waals surface area contributed by atoms with Gasteiger partial charge in [-0.1, -0.05) is 32.0 Å². The van der Waals surface area contributed by atoms with Gasteiger partial charge >= 0.3 is 0 Å². The highest BCUT2D eigenvalue weighted by atomic mass is 32.2. The quantitative estimate of drug-likeness (QED) is 0.696. The first kappa shape index (κ1) is 17.8. The standard InChI is InChI=1S/C19H19NO3S2/c1-4-23-14-9-6-5-8-13(14)20-18(21)16(15-10-7-11-24-15)17(19(20)22)25-12(2)3/h5-12H,4H2,1-3H3. The van der Waals surface area contributed by atoms with Crippen LogP contribution in [0.25, 0.3) is 5.57 Å². The monoisotopic (exact) mass is 373 g/mol. The average molecular weight is 373 g/mol. The topological polar surface area (TPSA) is 46.6 Å². The highest BCUT2D eigenvalue weighted by Crippen LogP contribution is 2.43. The molecule has 0 bridgehead atoms. The molecule has 1 aliphatic rings. The second kappa shape index (κ2) is 7.45. The Morgan fingerprint density at radius 2 is 1.88 bits per heavy atom. The smallest absolute Gasteiger partial charge is 0.272 e. The van der Waals surface area contributed by atoms with E-state index in [1.807, 2.05) is 44.4 Å². The van der Waals surface area contributed by atoms with Gasteiger partial charge < -0.3 is 4.74 Å². The Balaban J connectivity index is 2.09. The number of nitrogens with zero attached hydrogens (tertiary/aromatic N) is 1. The highest BCUT2D eigenvalue weighted by molar-refractivity contribution is 8.04. The Labute approximate surface area is 155 Å². The fourth-order valence-corrected chi connectivity index (χ4v) is 4.44. The van der Waals surface area contributed by atoms with Gasteiger partial charge in [0.15, 0.2) is 0 Å². The molecule has 0 unspecified atom stereocenters. The fourth-order valence-electron chi connectivity index (χ4n) is 2.63. The van der Waals surface area contributed by atoms with Gasteiger partial charge in [0.25, 0.3) is 11.8 Å². The minimum Gasteiger partial charge on any atom is -0.492 e. The predicted molar refractivity (Wildman–Crippen MR) is 104 cm³/mol. The Hall–Kier alpha value is -2.05. The predicted octanol–water partition coefficient (Wildman–Crippen LogP) is 4.57. The summed E-state index contributed by atoms with van der Waals surface area (Å²) in [5.41, 5.74) is 0.984. The van der Waals surface area contributed by atoms with E-state index in [-0.39, 0.29) is 17.1 Å². The second-order valence-corrected chi connectivity index (χ2v) is 8.23. The number of thioether (sulfide) groups is 1. The molecule has 0 saturated carbocycles. The molecule has 0 spiro atoms. The molecule has 1 aromatic carbocycles. The summed E-state index contributed by atoms with van der Waals surface area (Å²) in [5, 5.41) is 2.11. The van der Waals surface area contributed by atoms with Crippen LogP contribution in [0.4, 0.5) is 5.69 Å². The van der Waals surface area contributed by atoms with Gasteiger partial charge in [0.05, 0.1) is 22.8 Å². The van der Waals surface area contributed by atoms with Crippen LogP contribution in [0.5, 0.6) is 5.75 Å². The van der Waals surface area contributed by atoms with Crippen molar-refractivity contribution in [2.24, 2.45) is 0 Å². The van der Waals surface area contributed by atoms with Crippen LogP contribution in [0.15, 0.2) is 46.7 Å². The van der Waals surface area contributed by atoms with Crippen LogP contribution in [0, 0.1) is 0 Å². The molecular formula is C19H19NO3S2. The van der Waals surface area contributed by atoms with Gasteiger partial charge in [-0.25, -0.2) is 4.90 Å². The van der Waals surface area contributed by atoms with E-state index in [4.69, 9.17) is 4.74 Å². The van der Waals surface area contributed by atoms with Gasteiger partial charge in [0.1, 0.15) is 5.75 Å². The fraction of sp³-hybridized carbons (Fsp3) is 0.263. The Morgan fingerprint density at radius 3 is 2.52 bits per heavy atom. The van der Waals surface area contributed by atoms with E-state index in [0.717, 1.165) is 4.88 Å². The van der Waals surface area contributed by atoms with Crippen molar-refractivity contribution in [3.63, 3.8) is 0 Å². The second-order valence-electron chi connectivity index (χ2n) is 5.69. The number of carbonyl (C=O) groups excluding carboxylic acids is 2. The van der Waals surface area contributed by atoms with Gasteiger partial charge in [-0.3, -0.25) is 9.59 Å². The molecule has 25 heavy (non-hydrogen) atoms. The number of hydrogen-bond acceptors (Lipinski definition) is 5. The number of rotatable bonds is 6. The molecule has 2 aromatic rings. The average Bonchev–Trinajstić information content (AvgIpc) is 3.16. The van der Waals surface area contributed by atoms with E-state index in [1.54, 1.807) is 18.2 Å². The number of benzene rings is 1. The van der Waals surface area contributed by atoms with Gasteiger partial charge in [-0.2, -0.15) is 0 Å². The summed E-state index contributed by atoms with van der Waals surface area (Å²) < 4.78 is 5.62. The van der Waals surface area contributed by atoms with Crippen molar-refractivity contribution in [1.82, 2.24) is 0 Å². The number of hydrogen-bond donors (Lipinski definition) is 0. The third-order valence-electron chi connectivity index (χ3n) is 3.57. The molecule has 130 valence electrons. The van der Waals surface area contributed by atoms with Crippen LogP contribution in [-0.4, -0.2) is 23.7 Å². The Kier molecular flexibility index (Phi) is 5.30.